The van der Waals surface area contributed by atoms with Gasteiger partial charge in [-0.2, -0.15) is 0 Å². The number of para-hydroxylation sites is 1. The second-order valence-corrected chi connectivity index (χ2v) is 19.8. The first-order chi connectivity index (χ1) is 30.0. The smallest absolute Gasteiger partial charge is 0.326 e. The van der Waals surface area contributed by atoms with Crippen molar-refractivity contribution < 1.29 is 44.3 Å². The van der Waals surface area contributed by atoms with Crippen molar-refractivity contribution in [3.05, 3.63) is 70.9 Å². The van der Waals surface area contributed by atoms with Crippen LogP contribution in [0.5, 0.6) is 5.75 Å². The highest BCUT2D eigenvalue weighted by atomic mass is 16.5. The molecule has 6 aliphatic rings. The van der Waals surface area contributed by atoms with Crippen molar-refractivity contribution >= 4 is 34.4 Å². The van der Waals surface area contributed by atoms with Crippen LogP contribution in [0.2, 0.25) is 0 Å². The van der Waals surface area contributed by atoms with Gasteiger partial charge in [0, 0.05) is 84.0 Å². The molecule has 12 atom stereocenters. The standard InChI is InChI=1S/C49H65N5O9/c1-8-28(4)37(39(55)56)51-43(58)49(61)41-47(18-21-54-19-13-17-46(10-3,40(47)54)42(49)57)32-22-33(36(62-6)23-35(32)52(41)5)48(44(59)63-7)25-29-24-45(60,9-2)27-53(26-29)20-16-31-30-14-11-12-15-34(30)50-38(31)48/h11-15,17,22-23,28-29,37,40-42,50,57,60-61H,8-10,16,18-21,24-27H2,1-7H3,(H,51,58)(H,55,56)/t28-,29+,37-,40-,41+,42+,45-,46+,47+,48-,49-/m0/s1. The van der Waals surface area contributed by atoms with Gasteiger partial charge in [0.1, 0.15) is 23.3 Å². The predicted molar refractivity (Wildman–Crippen MR) is 238 cm³/mol. The van der Waals surface area contributed by atoms with E-state index in [1.165, 1.54) is 7.11 Å². The molecule has 1 aromatic heterocycles. The second-order valence-electron chi connectivity index (χ2n) is 19.8. The Morgan fingerprint density at radius 3 is 2.46 bits per heavy atom. The van der Waals surface area contributed by atoms with Crippen molar-refractivity contribution in [2.45, 2.75) is 119 Å². The minimum atomic E-state index is -2.49. The van der Waals surface area contributed by atoms with Crippen LogP contribution in [0, 0.1) is 17.3 Å². The molecule has 1 spiro atoms. The van der Waals surface area contributed by atoms with Gasteiger partial charge in [0.25, 0.3) is 5.91 Å². The average Bonchev–Trinajstić information content (AvgIpc) is 3.94. The molecule has 340 valence electrons. The normalized spacial score (nSPS) is 36.5. The number of ether oxygens (including phenoxy) is 2. The number of hydrogen-bond acceptors (Lipinski definition) is 11. The van der Waals surface area contributed by atoms with E-state index in [2.05, 4.69) is 32.2 Å². The Bertz CT molecular complexity index is 2370. The van der Waals surface area contributed by atoms with Crippen LogP contribution in [0.3, 0.4) is 0 Å². The minimum Gasteiger partial charge on any atom is -0.496 e. The molecule has 2 saturated heterocycles. The number of carbonyl (C=O) groups excluding carboxylic acids is 2. The van der Waals surface area contributed by atoms with Crippen LogP contribution < -0.4 is 15.0 Å². The van der Waals surface area contributed by atoms with Gasteiger partial charge in [-0.25, -0.2) is 4.79 Å². The van der Waals surface area contributed by atoms with Gasteiger partial charge in [0.15, 0.2) is 5.60 Å². The summed E-state index contributed by atoms with van der Waals surface area (Å²) < 4.78 is 12.3. The number of aromatic amines is 1. The Hall–Kier alpha value is -4.47. The third kappa shape index (κ3) is 5.89. The number of rotatable bonds is 10. The molecule has 1 unspecified atom stereocenters. The number of nitrogens with one attached hydrogen (secondary N) is 2. The van der Waals surface area contributed by atoms with E-state index in [1.807, 2.05) is 69.1 Å². The van der Waals surface area contributed by atoms with Crippen molar-refractivity contribution in [1.29, 1.82) is 0 Å². The van der Waals surface area contributed by atoms with Gasteiger partial charge in [0.05, 0.1) is 25.9 Å². The van der Waals surface area contributed by atoms with E-state index in [1.54, 1.807) is 14.0 Å². The number of nitrogens with zero attached hydrogens (tertiary/aromatic N) is 3. The van der Waals surface area contributed by atoms with Crippen molar-refractivity contribution in [3.63, 3.8) is 0 Å². The fourth-order valence-electron chi connectivity index (χ4n) is 14.0. The number of aromatic nitrogens is 1. The lowest BCUT2D eigenvalue weighted by Gasteiger charge is -2.63. The molecule has 3 fully saturated rings. The maximum Gasteiger partial charge on any atom is 0.326 e. The first kappa shape index (κ1) is 43.8. The molecule has 1 saturated carbocycles. The summed E-state index contributed by atoms with van der Waals surface area (Å²) in [7, 11) is 4.82. The topological polar surface area (TPSA) is 188 Å². The zero-order valence-electron chi connectivity index (χ0n) is 37.7. The molecule has 5 aliphatic heterocycles. The van der Waals surface area contributed by atoms with Gasteiger partial charge in [-0.05, 0) is 80.2 Å². The van der Waals surface area contributed by atoms with Gasteiger partial charge in [-0.15, -0.1) is 0 Å². The summed E-state index contributed by atoms with van der Waals surface area (Å²) in [5, 5.41) is 52.4. The number of aliphatic hydroxyl groups is 3. The number of aliphatic carboxylic acids is 1. The lowest BCUT2D eigenvalue weighted by atomic mass is 9.47. The van der Waals surface area contributed by atoms with E-state index in [0.717, 1.165) is 27.7 Å². The van der Waals surface area contributed by atoms with Gasteiger partial charge >= 0.3 is 11.9 Å². The molecule has 9 rings (SSSR count). The van der Waals surface area contributed by atoms with Crippen LogP contribution in [0.25, 0.3) is 10.9 Å². The fourth-order valence-corrected chi connectivity index (χ4v) is 14.0. The number of anilines is 1. The van der Waals surface area contributed by atoms with Crippen molar-refractivity contribution in [2.24, 2.45) is 17.3 Å². The van der Waals surface area contributed by atoms with Gasteiger partial charge < -0.3 is 45.1 Å². The molecule has 1 amide bonds. The Morgan fingerprint density at radius 1 is 1.02 bits per heavy atom. The quantitative estimate of drug-likeness (QED) is 0.128. The number of esters is 1. The molecule has 6 heterocycles. The lowest BCUT2D eigenvalue weighted by Crippen LogP contribution is -2.82. The number of piperidine rings is 1. The van der Waals surface area contributed by atoms with Crippen molar-refractivity contribution in [2.75, 3.05) is 58.9 Å². The monoisotopic (exact) mass is 867 g/mol. The van der Waals surface area contributed by atoms with Crippen molar-refractivity contribution in [3.8, 4) is 5.75 Å². The maximum absolute atomic E-state index is 15.4. The number of hydrogen-bond donors (Lipinski definition) is 6. The van der Waals surface area contributed by atoms with E-state index in [4.69, 9.17) is 9.47 Å². The van der Waals surface area contributed by atoms with Crippen LogP contribution in [-0.2, 0) is 36.4 Å². The predicted octanol–water partition coefficient (Wildman–Crippen LogP) is 3.86. The number of benzene rings is 2. The second kappa shape index (κ2) is 15.3. The number of methoxy groups -OCH3 is 2. The molecule has 1 aliphatic carbocycles. The molecule has 63 heavy (non-hydrogen) atoms. The van der Waals surface area contributed by atoms with Gasteiger partial charge in [0.2, 0.25) is 0 Å². The Morgan fingerprint density at radius 2 is 1.78 bits per heavy atom. The van der Waals surface area contributed by atoms with Crippen molar-refractivity contribution in [1.82, 2.24) is 20.1 Å². The van der Waals surface area contributed by atoms with Crippen LogP contribution in [0.4, 0.5) is 5.69 Å². The SMILES string of the molecule is CC[C@H](C)[C@H](NC(=O)[C@@]1(O)[C@H](O)[C@]2(CC)C=CCN3CC[C@@]4(c5cc([C@@]6(C(=O)OC)C[C@@H]7CN(CCc8c6[nH]c6ccccc86)C[C@](O)(CC)C7)c(OC)cc5N(C)[C@@H]14)[C@@H]32)C(=O)O. The first-order valence-electron chi connectivity index (χ1n) is 23.0. The summed E-state index contributed by atoms with van der Waals surface area (Å²) >= 11 is 0. The summed E-state index contributed by atoms with van der Waals surface area (Å²) in [5.41, 5.74) is -2.34. The highest BCUT2D eigenvalue weighted by Crippen LogP contribution is 2.67. The van der Waals surface area contributed by atoms with Gasteiger partial charge in [-0.1, -0.05) is 64.5 Å². The number of carboxylic acids is 1. The molecular formula is C49H65N5O9. The largest absolute Gasteiger partial charge is 0.496 e. The highest BCUT2D eigenvalue weighted by Gasteiger charge is 2.79. The van der Waals surface area contributed by atoms with E-state index >= 15 is 9.59 Å². The van der Waals surface area contributed by atoms with Crippen LogP contribution >= 0.6 is 0 Å². The Labute approximate surface area is 369 Å². The first-order valence-corrected chi connectivity index (χ1v) is 23.0. The van der Waals surface area contributed by atoms with E-state index in [-0.39, 0.29) is 12.0 Å². The molecule has 0 radical (unpaired) electrons. The number of aliphatic hydroxyl groups excluding tert-OH is 1. The van der Waals surface area contributed by atoms with Crippen LogP contribution in [0.1, 0.15) is 88.6 Å². The molecule has 2 aromatic carbocycles. The third-order valence-electron chi connectivity index (χ3n) is 17.0. The molecule has 14 heteroatoms. The fraction of sp³-hybridized carbons (Fsp3) is 0.612. The van der Waals surface area contributed by atoms with Crippen LogP contribution in [-0.4, -0.2) is 142 Å². The number of amides is 1. The minimum absolute atomic E-state index is 0.129. The van der Waals surface area contributed by atoms with Crippen LogP contribution in [0.15, 0.2) is 48.6 Å². The Balaban J connectivity index is 1.33. The highest BCUT2D eigenvalue weighted by molar-refractivity contribution is 5.96. The number of fused-ring (bicyclic) bond motifs is 6. The number of H-pyrrole nitrogens is 1. The molecule has 2 bridgehead atoms. The van der Waals surface area contributed by atoms with E-state index in [0.29, 0.717) is 94.7 Å². The van der Waals surface area contributed by atoms with Gasteiger partial charge in [-0.3, -0.25) is 19.4 Å². The lowest BCUT2D eigenvalue weighted by molar-refractivity contribution is -0.204. The zero-order valence-corrected chi connectivity index (χ0v) is 37.7. The summed E-state index contributed by atoms with van der Waals surface area (Å²) in [6, 6.07) is 9.32. The molecule has 14 nitrogen and oxygen atoms in total. The maximum atomic E-state index is 15.4. The average molecular weight is 868 g/mol. The van der Waals surface area contributed by atoms with E-state index in [9.17, 15) is 25.2 Å². The number of likely N-dealkylation sites (N-methyl/N-ethyl adjacent to an activating group) is 1. The summed E-state index contributed by atoms with van der Waals surface area (Å²) in [4.78, 5) is 53.5. The summed E-state index contributed by atoms with van der Waals surface area (Å²) in [5.74, 6) is -2.79. The number of carbonyl (C=O) groups is 3. The molecule has 3 aromatic rings. The molecular weight excluding hydrogens is 803 g/mol. The third-order valence-corrected chi connectivity index (χ3v) is 17.0. The number of carboxylic acid groups (broad SMARTS) is 1. The summed E-state index contributed by atoms with van der Waals surface area (Å²) in [6.07, 6.45) is 5.70. The van der Waals surface area contributed by atoms with E-state index < -0.39 is 69.4 Å². The summed E-state index contributed by atoms with van der Waals surface area (Å²) in [6.45, 7) is 10.7. The zero-order chi connectivity index (χ0) is 45.0. The molecule has 6 N–H and O–H groups in total. The Kier molecular flexibility index (Phi) is 10.6.